The van der Waals surface area contributed by atoms with Gasteiger partial charge in [-0.2, -0.15) is 13.2 Å². The SMILES string of the molecule is Cc1nc(NCc2cccc(C(F)(F)C3CCCO3)c2)c2cn(C3(C(F)F)CC3)c(=O)c(F)c2n1. The maximum Gasteiger partial charge on any atom is 0.298 e. The van der Waals surface area contributed by atoms with Gasteiger partial charge in [0.2, 0.25) is 5.82 Å². The van der Waals surface area contributed by atoms with Crippen LogP contribution in [0.1, 0.15) is 42.6 Å². The number of ether oxygens (including phenoxy) is 1. The zero-order chi connectivity index (χ0) is 25.0. The lowest BCUT2D eigenvalue weighted by atomic mass is 9.99. The Bertz CT molecular complexity index is 1330. The molecule has 1 saturated heterocycles. The molecule has 1 atom stereocenters. The van der Waals surface area contributed by atoms with Crippen molar-refractivity contribution in [1.82, 2.24) is 14.5 Å². The van der Waals surface area contributed by atoms with E-state index < -0.39 is 35.4 Å². The molecule has 0 radical (unpaired) electrons. The molecule has 1 saturated carbocycles. The standard InChI is InChI=1S/C24H23F5N4O2/c1-13-31-19-16(12-33(21(34)18(19)25)23(7-8-23)22(26)27)20(32-13)30-11-14-4-2-5-15(10-14)24(28,29)17-6-3-9-35-17/h2,4-5,10,12,17,22H,3,6-9,11H2,1H3,(H,30,31,32). The second-order valence-electron chi connectivity index (χ2n) is 9.08. The van der Waals surface area contributed by atoms with Crippen molar-refractivity contribution in [1.29, 1.82) is 0 Å². The van der Waals surface area contributed by atoms with Gasteiger partial charge in [-0.05, 0) is 44.2 Å². The van der Waals surface area contributed by atoms with Gasteiger partial charge in [-0.1, -0.05) is 18.2 Å². The number of hydrogen-bond acceptors (Lipinski definition) is 5. The monoisotopic (exact) mass is 494 g/mol. The molecule has 0 amide bonds. The van der Waals surface area contributed by atoms with Crippen molar-refractivity contribution in [2.75, 3.05) is 11.9 Å². The Morgan fingerprint density at radius 3 is 2.71 bits per heavy atom. The van der Waals surface area contributed by atoms with E-state index in [0.29, 0.717) is 18.6 Å². The number of rotatable bonds is 7. The highest BCUT2D eigenvalue weighted by Crippen LogP contribution is 2.48. The van der Waals surface area contributed by atoms with Crippen LogP contribution in [-0.2, 0) is 22.7 Å². The van der Waals surface area contributed by atoms with Crippen LogP contribution in [0.25, 0.3) is 10.9 Å². The van der Waals surface area contributed by atoms with Crippen LogP contribution in [-0.4, -0.2) is 33.7 Å². The first-order valence-corrected chi connectivity index (χ1v) is 11.3. The molecule has 35 heavy (non-hydrogen) atoms. The van der Waals surface area contributed by atoms with E-state index >= 15 is 0 Å². The number of anilines is 1. The summed E-state index contributed by atoms with van der Waals surface area (Å²) in [5.41, 5.74) is -2.87. The predicted molar refractivity (Wildman–Crippen MR) is 118 cm³/mol. The minimum Gasteiger partial charge on any atom is -0.372 e. The summed E-state index contributed by atoms with van der Waals surface area (Å²) < 4.78 is 77.9. The zero-order valence-electron chi connectivity index (χ0n) is 18.8. The summed E-state index contributed by atoms with van der Waals surface area (Å²) in [5, 5.41) is 3.03. The molecule has 1 aromatic carbocycles. The van der Waals surface area contributed by atoms with Crippen LogP contribution in [0, 0.1) is 12.7 Å². The van der Waals surface area contributed by atoms with Gasteiger partial charge >= 0.3 is 0 Å². The Morgan fingerprint density at radius 2 is 2.06 bits per heavy atom. The van der Waals surface area contributed by atoms with Crippen LogP contribution in [0.15, 0.2) is 35.3 Å². The van der Waals surface area contributed by atoms with Gasteiger partial charge in [-0.25, -0.2) is 18.7 Å². The lowest BCUT2D eigenvalue weighted by molar-refractivity contribution is -0.122. The molecule has 1 aliphatic heterocycles. The highest BCUT2D eigenvalue weighted by atomic mass is 19.3. The number of alkyl halides is 4. The maximum absolute atomic E-state index is 14.9. The van der Waals surface area contributed by atoms with E-state index in [-0.39, 0.29) is 53.9 Å². The van der Waals surface area contributed by atoms with Crippen LogP contribution in [0.3, 0.4) is 0 Å². The third-order valence-corrected chi connectivity index (χ3v) is 6.68. The van der Waals surface area contributed by atoms with Gasteiger partial charge in [0.05, 0.1) is 5.39 Å². The number of hydrogen-bond donors (Lipinski definition) is 1. The minimum atomic E-state index is -3.15. The summed E-state index contributed by atoms with van der Waals surface area (Å²) in [4.78, 5) is 20.7. The van der Waals surface area contributed by atoms with E-state index in [1.807, 2.05) is 0 Å². The van der Waals surface area contributed by atoms with Gasteiger partial charge in [0, 0.05) is 24.9 Å². The van der Waals surface area contributed by atoms with E-state index in [1.54, 1.807) is 6.07 Å². The van der Waals surface area contributed by atoms with E-state index in [4.69, 9.17) is 4.74 Å². The van der Waals surface area contributed by atoms with E-state index in [1.165, 1.54) is 25.1 Å². The molecule has 1 aliphatic carbocycles. The first kappa shape index (κ1) is 23.7. The molecule has 0 spiro atoms. The average molecular weight is 494 g/mol. The largest absolute Gasteiger partial charge is 0.372 e. The number of aryl methyl sites for hydroxylation is 1. The van der Waals surface area contributed by atoms with Crippen LogP contribution >= 0.6 is 0 Å². The second kappa shape index (κ2) is 8.54. The van der Waals surface area contributed by atoms with Gasteiger partial charge in [0.15, 0.2) is 0 Å². The van der Waals surface area contributed by atoms with Crippen molar-refractivity contribution in [3.8, 4) is 0 Å². The fraction of sp³-hybridized carbons (Fsp3) is 0.458. The van der Waals surface area contributed by atoms with E-state index in [0.717, 1.165) is 10.8 Å². The Kier molecular flexibility index (Phi) is 5.77. The third kappa shape index (κ3) is 4.05. The molecule has 6 nitrogen and oxygen atoms in total. The average Bonchev–Trinajstić information content (AvgIpc) is 3.44. The van der Waals surface area contributed by atoms with Gasteiger partial charge in [0.1, 0.15) is 28.8 Å². The summed E-state index contributed by atoms with van der Waals surface area (Å²) >= 11 is 0. The molecular weight excluding hydrogens is 471 g/mol. The molecule has 0 bridgehead atoms. The number of fused-ring (bicyclic) bond motifs is 1. The Balaban J connectivity index is 1.48. The topological polar surface area (TPSA) is 69.0 Å². The van der Waals surface area contributed by atoms with Crippen LogP contribution < -0.4 is 10.9 Å². The number of pyridine rings is 1. The fourth-order valence-corrected chi connectivity index (χ4v) is 4.55. The van der Waals surface area contributed by atoms with Crippen molar-refractivity contribution >= 4 is 16.7 Å². The highest BCUT2D eigenvalue weighted by Gasteiger charge is 2.54. The fourth-order valence-electron chi connectivity index (χ4n) is 4.55. The maximum atomic E-state index is 14.9. The third-order valence-electron chi connectivity index (χ3n) is 6.68. The van der Waals surface area contributed by atoms with Crippen molar-refractivity contribution < 1.29 is 26.7 Å². The molecule has 3 aromatic rings. The van der Waals surface area contributed by atoms with E-state index in [2.05, 4.69) is 15.3 Å². The lowest BCUT2D eigenvalue weighted by Crippen LogP contribution is -2.37. The first-order valence-electron chi connectivity index (χ1n) is 11.3. The second-order valence-corrected chi connectivity index (χ2v) is 9.08. The molecule has 2 aromatic heterocycles. The Labute approximate surface area is 197 Å². The number of nitrogens with one attached hydrogen (secondary N) is 1. The molecule has 1 N–H and O–H groups in total. The molecule has 186 valence electrons. The van der Waals surface area contributed by atoms with Gasteiger partial charge in [0.25, 0.3) is 17.9 Å². The van der Waals surface area contributed by atoms with E-state index in [9.17, 15) is 26.7 Å². The summed E-state index contributed by atoms with van der Waals surface area (Å²) in [5.74, 6) is -4.12. The van der Waals surface area contributed by atoms with Gasteiger partial charge in [-0.3, -0.25) is 4.79 Å². The highest BCUT2D eigenvalue weighted by molar-refractivity contribution is 5.88. The predicted octanol–water partition coefficient (Wildman–Crippen LogP) is 4.88. The number of halogens is 5. The molecule has 1 unspecified atom stereocenters. The van der Waals surface area contributed by atoms with Gasteiger partial charge in [-0.15, -0.1) is 0 Å². The van der Waals surface area contributed by atoms with Crippen LogP contribution in [0.2, 0.25) is 0 Å². The number of aromatic nitrogens is 3. The minimum absolute atomic E-state index is 0.0434. The number of benzene rings is 1. The molecule has 2 aliphatic rings. The Morgan fingerprint density at radius 1 is 1.29 bits per heavy atom. The summed E-state index contributed by atoms with van der Waals surface area (Å²) in [6, 6.07) is 5.85. The van der Waals surface area contributed by atoms with Gasteiger partial charge < -0.3 is 14.6 Å². The van der Waals surface area contributed by atoms with Crippen molar-refractivity contribution in [2.24, 2.45) is 0 Å². The van der Waals surface area contributed by atoms with Crippen molar-refractivity contribution in [2.45, 2.75) is 63.1 Å². The molecule has 3 heterocycles. The van der Waals surface area contributed by atoms with Crippen molar-refractivity contribution in [3.63, 3.8) is 0 Å². The Hall–Kier alpha value is -3.08. The molecular formula is C24H23F5N4O2. The summed E-state index contributed by atoms with van der Waals surface area (Å²) in [6.45, 7) is 1.84. The quantitative estimate of drug-likeness (QED) is 0.475. The summed E-state index contributed by atoms with van der Waals surface area (Å²) in [7, 11) is 0. The molecule has 5 rings (SSSR count). The normalized spacial score (nSPS) is 19.5. The molecule has 2 fully saturated rings. The summed E-state index contributed by atoms with van der Waals surface area (Å²) in [6.07, 6.45) is -1.90. The van der Waals surface area contributed by atoms with Crippen molar-refractivity contribution in [3.05, 3.63) is 63.6 Å². The van der Waals surface area contributed by atoms with Crippen LogP contribution in [0.4, 0.5) is 27.8 Å². The smallest absolute Gasteiger partial charge is 0.298 e. The first-order chi connectivity index (χ1) is 16.6. The van der Waals surface area contributed by atoms with Crippen LogP contribution in [0.5, 0.6) is 0 Å². The number of nitrogens with zero attached hydrogens (tertiary/aromatic N) is 3. The molecule has 11 heteroatoms. The zero-order valence-corrected chi connectivity index (χ0v) is 18.8. The lowest BCUT2D eigenvalue weighted by Gasteiger charge is -2.23.